The third kappa shape index (κ3) is 3.43. The van der Waals surface area contributed by atoms with E-state index >= 15 is 0 Å². The number of carbonyl (C=O) groups excluding carboxylic acids is 1. The maximum atomic E-state index is 12.4. The van der Waals surface area contributed by atoms with E-state index in [9.17, 15) is 4.79 Å². The van der Waals surface area contributed by atoms with Crippen LogP contribution in [0, 0.1) is 5.92 Å². The first-order valence-corrected chi connectivity index (χ1v) is 8.24. The second-order valence-electron chi connectivity index (χ2n) is 6.31. The van der Waals surface area contributed by atoms with Crippen molar-refractivity contribution in [2.75, 3.05) is 26.2 Å². The zero-order valence-corrected chi connectivity index (χ0v) is 12.9. The molecule has 114 valence electrons. The summed E-state index contributed by atoms with van der Waals surface area (Å²) in [4.78, 5) is 21.4. The van der Waals surface area contributed by atoms with E-state index in [1.807, 2.05) is 23.1 Å². The highest BCUT2D eigenvalue weighted by atomic mass is 16.2. The molecule has 3 heterocycles. The second kappa shape index (κ2) is 6.56. The molecule has 1 unspecified atom stereocenters. The number of amides is 1. The average Bonchev–Trinajstić information content (AvgIpc) is 3.18. The third-order valence-electron chi connectivity index (χ3n) is 4.75. The SMILES string of the molecule is CCC1CCN(Cc2cccc(C(=O)N3CCCC3)n2)C1. The largest absolute Gasteiger partial charge is 0.337 e. The van der Waals surface area contributed by atoms with Gasteiger partial charge in [0.05, 0.1) is 5.69 Å². The van der Waals surface area contributed by atoms with Crippen LogP contribution in [0.1, 0.15) is 48.8 Å². The molecule has 3 rings (SSSR count). The molecule has 0 saturated carbocycles. The van der Waals surface area contributed by atoms with Gasteiger partial charge in [-0.15, -0.1) is 0 Å². The van der Waals surface area contributed by atoms with E-state index in [1.165, 1.54) is 19.4 Å². The molecular formula is C17H25N3O. The second-order valence-corrected chi connectivity index (χ2v) is 6.31. The lowest BCUT2D eigenvalue weighted by atomic mass is 10.1. The fraction of sp³-hybridized carbons (Fsp3) is 0.647. The summed E-state index contributed by atoms with van der Waals surface area (Å²) in [6, 6.07) is 5.86. The first-order valence-electron chi connectivity index (χ1n) is 8.24. The molecule has 0 bridgehead atoms. The van der Waals surface area contributed by atoms with Crippen LogP contribution in [0.3, 0.4) is 0 Å². The highest BCUT2D eigenvalue weighted by molar-refractivity contribution is 5.92. The number of rotatable bonds is 4. The van der Waals surface area contributed by atoms with Gasteiger partial charge in [0.25, 0.3) is 5.91 Å². The van der Waals surface area contributed by atoms with Crippen molar-refractivity contribution < 1.29 is 4.79 Å². The molecule has 21 heavy (non-hydrogen) atoms. The summed E-state index contributed by atoms with van der Waals surface area (Å²) in [5.74, 6) is 0.932. The molecule has 1 atom stereocenters. The van der Waals surface area contributed by atoms with Crippen molar-refractivity contribution in [3.63, 3.8) is 0 Å². The summed E-state index contributed by atoms with van der Waals surface area (Å²) in [6.07, 6.45) is 4.80. The van der Waals surface area contributed by atoms with Crippen LogP contribution in [-0.2, 0) is 6.54 Å². The molecule has 4 nitrogen and oxygen atoms in total. The van der Waals surface area contributed by atoms with Crippen LogP contribution in [0.4, 0.5) is 0 Å². The quantitative estimate of drug-likeness (QED) is 0.854. The number of pyridine rings is 1. The molecule has 2 aliphatic heterocycles. The van der Waals surface area contributed by atoms with Gasteiger partial charge in [-0.2, -0.15) is 0 Å². The summed E-state index contributed by atoms with van der Waals surface area (Å²) in [5.41, 5.74) is 1.64. The number of hydrogen-bond acceptors (Lipinski definition) is 3. The Morgan fingerprint density at radius 2 is 2.10 bits per heavy atom. The minimum Gasteiger partial charge on any atom is -0.337 e. The van der Waals surface area contributed by atoms with Crippen molar-refractivity contribution >= 4 is 5.91 Å². The Balaban J connectivity index is 1.64. The van der Waals surface area contributed by atoms with Gasteiger partial charge in [0.15, 0.2) is 0 Å². The Kier molecular flexibility index (Phi) is 4.54. The van der Waals surface area contributed by atoms with Gasteiger partial charge in [0.1, 0.15) is 5.69 Å². The Hall–Kier alpha value is -1.42. The zero-order chi connectivity index (χ0) is 14.7. The topological polar surface area (TPSA) is 36.4 Å². The Labute approximate surface area is 127 Å². The standard InChI is InChI=1S/C17H25N3O/c1-2-14-8-11-19(12-14)13-15-6-5-7-16(18-15)17(21)20-9-3-4-10-20/h5-7,14H,2-4,8-13H2,1H3. The van der Waals surface area contributed by atoms with Crippen molar-refractivity contribution in [3.8, 4) is 0 Å². The van der Waals surface area contributed by atoms with E-state index in [-0.39, 0.29) is 5.91 Å². The number of carbonyl (C=O) groups is 1. The number of aromatic nitrogens is 1. The van der Waals surface area contributed by atoms with Gasteiger partial charge in [-0.05, 0) is 43.9 Å². The number of likely N-dealkylation sites (tertiary alicyclic amines) is 2. The van der Waals surface area contributed by atoms with Gasteiger partial charge in [-0.3, -0.25) is 9.69 Å². The molecule has 1 amide bonds. The monoisotopic (exact) mass is 287 g/mol. The predicted octanol–water partition coefficient (Wildman–Crippen LogP) is 2.55. The van der Waals surface area contributed by atoms with Crippen LogP contribution in [0.5, 0.6) is 0 Å². The smallest absolute Gasteiger partial charge is 0.272 e. The molecule has 2 aliphatic rings. The maximum Gasteiger partial charge on any atom is 0.272 e. The summed E-state index contributed by atoms with van der Waals surface area (Å²) in [6.45, 7) is 7.23. The van der Waals surface area contributed by atoms with E-state index in [4.69, 9.17) is 0 Å². The van der Waals surface area contributed by atoms with E-state index < -0.39 is 0 Å². The molecule has 0 N–H and O–H groups in total. The predicted molar refractivity (Wildman–Crippen MR) is 83.0 cm³/mol. The van der Waals surface area contributed by atoms with E-state index in [2.05, 4.69) is 16.8 Å². The van der Waals surface area contributed by atoms with Crippen molar-refractivity contribution in [1.29, 1.82) is 0 Å². The number of hydrogen-bond donors (Lipinski definition) is 0. The van der Waals surface area contributed by atoms with Gasteiger partial charge >= 0.3 is 0 Å². The number of nitrogens with zero attached hydrogens (tertiary/aromatic N) is 3. The van der Waals surface area contributed by atoms with Crippen LogP contribution in [0.25, 0.3) is 0 Å². The Morgan fingerprint density at radius 1 is 1.29 bits per heavy atom. The van der Waals surface area contributed by atoms with Crippen molar-refractivity contribution in [2.24, 2.45) is 5.92 Å². The highest BCUT2D eigenvalue weighted by Crippen LogP contribution is 2.20. The van der Waals surface area contributed by atoms with Gasteiger partial charge in [-0.25, -0.2) is 4.98 Å². The van der Waals surface area contributed by atoms with Crippen molar-refractivity contribution in [3.05, 3.63) is 29.6 Å². The van der Waals surface area contributed by atoms with Gasteiger partial charge in [-0.1, -0.05) is 19.4 Å². The van der Waals surface area contributed by atoms with Gasteiger partial charge in [0, 0.05) is 26.2 Å². The molecule has 0 aliphatic carbocycles. The van der Waals surface area contributed by atoms with E-state index in [0.717, 1.165) is 50.6 Å². The third-order valence-corrected chi connectivity index (χ3v) is 4.75. The molecular weight excluding hydrogens is 262 g/mol. The lowest BCUT2D eigenvalue weighted by Gasteiger charge is -2.17. The first kappa shape index (κ1) is 14.5. The molecule has 0 spiro atoms. The zero-order valence-electron chi connectivity index (χ0n) is 12.9. The molecule has 1 aromatic rings. The molecule has 4 heteroatoms. The van der Waals surface area contributed by atoms with Crippen LogP contribution < -0.4 is 0 Å². The normalized spacial score (nSPS) is 22.9. The summed E-state index contributed by atoms with van der Waals surface area (Å²) in [7, 11) is 0. The van der Waals surface area contributed by atoms with Crippen molar-refractivity contribution in [2.45, 2.75) is 39.2 Å². The lowest BCUT2D eigenvalue weighted by Crippen LogP contribution is -2.29. The Morgan fingerprint density at radius 3 is 2.81 bits per heavy atom. The van der Waals surface area contributed by atoms with Crippen LogP contribution in [0.2, 0.25) is 0 Å². The molecule has 2 fully saturated rings. The fourth-order valence-corrected chi connectivity index (χ4v) is 3.39. The molecule has 2 saturated heterocycles. The average molecular weight is 287 g/mol. The highest BCUT2D eigenvalue weighted by Gasteiger charge is 2.23. The first-order chi connectivity index (χ1) is 10.3. The van der Waals surface area contributed by atoms with Crippen molar-refractivity contribution in [1.82, 2.24) is 14.8 Å². The summed E-state index contributed by atoms with van der Waals surface area (Å²) < 4.78 is 0. The molecule has 0 radical (unpaired) electrons. The summed E-state index contributed by atoms with van der Waals surface area (Å²) in [5, 5.41) is 0. The fourth-order valence-electron chi connectivity index (χ4n) is 3.39. The van der Waals surface area contributed by atoms with Crippen LogP contribution in [-0.4, -0.2) is 46.9 Å². The van der Waals surface area contributed by atoms with Crippen LogP contribution in [0.15, 0.2) is 18.2 Å². The van der Waals surface area contributed by atoms with Gasteiger partial charge in [0.2, 0.25) is 0 Å². The molecule has 1 aromatic heterocycles. The van der Waals surface area contributed by atoms with Crippen LogP contribution >= 0.6 is 0 Å². The minimum atomic E-state index is 0.0993. The summed E-state index contributed by atoms with van der Waals surface area (Å²) >= 11 is 0. The molecule has 0 aromatic carbocycles. The van der Waals surface area contributed by atoms with E-state index in [1.54, 1.807) is 0 Å². The minimum absolute atomic E-state index is 0.0993. The Bertz CT molecular complexity index is 497. The van der Waals surface area contributed by atoms with E-state index in [0.29, 0.717) is 5.69 Å². The van der Waals surface area contributed by atoms with Gasteiger partial charge < -0.3 is 4.90 Å². The maximum absolute atomic E-state index is 12.4. The lowest BCUT2D eigenvalue weighted by molar-refractivity contribution is 0.0786.